The molecule has 0 fully saturated rings. The summed E-state index contributed by atoms with van der Waals surface area (Å²) in [6, 6.07) is 3.71. The number of aromatic nitrogens is 2. The molecule has 2 heterocycles. The first-order valence-electron chi connectivity index (χ1n) is 5.95. The standard InChI is InChI=1S/C13H13ClN4O/c1-18-7-15-5-9(18)6-16-12-2-8-3-13(19)17-11(8)4-10(12)14/h2,4-5,7,16H,3,6H2,1H3,(H,17,19). The molecule has 0 spiro atoms. The van der Waals surface area contributed by atoms with E-state index in [1.165, 1.54) is 0 Å². The van der Waals surface area contributed by atoms with Crippen molar-refractivity contribution in [2.45, 2.75) is 13.0 Å². The third kappa shape index (κ3) is 2.29. The van der Waals surface area contributed by atoms with Gasteiger partial charge >= 0.3 is 0 Å². The molecular weight excluding hydrogens is 264 g/mol. The molecule has 1 aliphatic heterocycles. The van der Waals surface area contributed by atoms with Crippen LogP contribution in [0, 0.1) is 0 Å². The lowest BCUT2D eigenvalue weighted by Crippen LogP contribution is -2.04. The minimum absolute atomic E-state index is 0.00912. The maximum Gasteiger partial charge on any atom is 0.228 e. The fourth-order valence-electron chi connectivity index (χ4n) is 2.12. The number of nitrogens with zero attached hydrogens (tertiary/aromatic N) is 2. The number of nitrogens with one attached hydrogen (secondary N) is 2. The van der Waals surface area contributed by atoms with Crippen molar-refractivity contribution in [1.82, 2.24) is 9.55 Å². The second-order valence-electron chi connectivity index (χ2n) is 4.56. The lowest BCUT2D eigenvalue weighted by molar-refractivity contribution is -0.115. The van der Waals surface area contributed by atoms with Crippen LogP contribution < -0.4 is 10.6 Å². The van der Waals surface area contributed by atoms with E-state index in [9.17, 15) is 4.79 Å². The minimum atomic E-state index is 0.00912. The van der Waals surface area contributed by atoms with Crippen molar-refractivity contribution in [3.63, 3.8) is 0 Å². The Morgan fingerprint density at radius 2 is 2.37 bits per heavy atom. The molecule has 3 rings (SSSR count). The largest absolute Gasteiger partial charge is 0.378 e. The third-order valence-electron chi connectivity index (χ3n) is 3.19. The SMILES string of the molecule is Cn1cncc1CNc1cc2c(cc1Cl)NC(=O)C2. The number of amides is 1. The van der Waals surface area contributed by atoms with Crippen LogP contribution >= 0.6 is 11.6 Å². The summed E-state index contributed by atoms with van der Waals surface area (Å²) in [5, 5.41) is 6.65. The van der Waals surface area contributed by atoms with Crippen LogP contribution in [0.15, 0.2) is 24.7 Å². The number of carbonyl (C=O) groups is 1. The Labute approximate surface area is 115 Å². The van der Waals surface area contributed by atoms with Gasteiger partial charge in [-0.15, -0.1) is 0 Å². The van der Waals surface area contributed by atoms with Crippen LogP contribution in [0.2, 0.25) is 5.02 Å². The van der Waals surface area contributed by atoms with Gasteiger partial charge in [0.15, 0.2) is 0 Å². The van der Waals surface area contributed by atoms with E-state index in [0.29, 0.717) is 18.0 Å². The molecule has 1 amide bonds. The summed E-state index contributed by atoms with van der Waals surface area (Å²) in [5.41, 5.74) is 3.67. The number of aryl methyl sites for hydroxylation is 1. The normalized spacial score (nSPS) is 13.3. The van der Waals surface area contributed by atoms with Crippen molar-refractivity contribution < 1.29 is 4.79 Å². The first-order chi connectivity index (χ1) is 9.13. The number of imidazole rings is 1. The van der Waals surface area contributed by atoms with Crippen molar-refractivity contribution in [3.8, 4) is 0 Å². The Kier molecular flexibility index (Phi) is 2.91. The Hall–Kier alpha value is -2.01. The van der Waals surface area contributed by atoms with Gasteiger partial charge in [-0.05, 0) is 17.7 Å². The van der Waals surface area contributed by atoms with Gasteiger partial charge in [0.2, 0.25) is 5.91 Å². The van der Waals surface area contributed by atoms with Crippen molar-refractivity contribution >= 4 is 28.9 Å². The predicted octanol–water partition coefficient (Wildman–Crippen LogP) is 2.18. The number of carbonyl (C=O) groups excluding carboxylic acids is 1. The molecule has 98 valence electrons. The zero-order chi connectivity index (χ0) is 13.4. The van der Waals surface area contributed by atoms with E-state index in [4.69, 9.17) is 11.6 Å². The van der Waals surface area contributed by atoms with Crippen LogP contribution in [0.25, 0.3) is 0 Å². The van der Waals surface area contributed by atoms with E-state index < -0.39 is 0 Å². The van der Waals surface area contributed by atoms with Crippen LogP contribution in [-0.2, 0) is 24.8 Å². The molecule has 0 saturated carbocycles. The van der Waals surface area contributed by atoms with E-state index in [-0.39, 0.29) is 5.91 Å². The number of hydrogen-bond acceptors (Lipinski definition) is 3. The van der Waals surface area contributed by atoms with Crippen LogP contribution in [0.1, 0.15) is 11.3 Å². The summed E-state index contributed by atoms with van der Waals surface area (Å²) in [6.45, 7) is 0.635. The Morgan fingerprint density at radius 1 is 1.53 bits per heavy atom. The molecule has 2 aromatic rings. The summed E-state index contributed by atoms with van der Waals surface area (Å²) in [4.78, 5) is 15.4. The smallest absolute Gasteiger partial charge is 0.228 e. The number of rotatable bonds is 3. The molecule has 2 N–H and O–H groups in total. The summed E-state index contributed by atoms with van der Waals surface area (Å²) in [5.74, 6) is 0.00912. The summed E-state index contributed by atoms with van der Waals surface area (Å²) >= 11 is 6.20. The summed E-state index contributed by atoms with van der Waals surface area (Å²) in [6.07, 6.45) is 3.97. The molecule has 0 bridgehead atoms. The molecule has 0 saturated heterocycles. The van der Waals surface area contributed by atoms with Crippen molar-refractivity contribution in [3.05, 3.63) is 40.9 Å². The molecule has 0 radical (unpaired) electrons. The number of benzene rings is 1. The van der Waals surface area contributed by atoms with E-state index in [2.05, 4.69) is 15.6 Å². The van der Waals surface area contributed by atoms with Crippen molar-refractivity contribution in [1.29, 1.82) is 0 Å². The lowest BCUT2D eigenvalue weighted by Gasteiger charge is -2.10. The highest BCUT2D eigenvalue weighted by molar-refractivity contribution is 6.33. The Bertz CT molecular complexity index is 650. The van der Waals surface area contributed by atoms with Gasteiger partial charge in [0.25, 0.3) is 0 Å². The topological polar surface area (TPSA) is 59.0 Å². The second-order valence-corrected chi connectivity index (χ2v) is 4.97. The first-order valence-corrected chi connectivity index (χ1v) is 6.32. The lowest BCUT2D eigenvalue weighted by atomic mass is 10.1. The Balaban J connectivity index is 1.80. The maximum absolute atomic E-state index is 11.3. The van der Waals surface area contributed by atoms with Crippen molar-refractivity contribution in [2.75, 3.05) is 10.6 Å². The number of anilines is 2. The van der Waals surface area contributed by atoms with E-state index in [1.54, 1.807) is 18.6 Å². The maximum atomic E-state index is 11.3. The van der Waals surface area contributed by atoms with Gasteiger partial charge in [-0.2, -0.15) is 0 Å². The van der Waals surface area contributed by atoms with Crippen LogP contribution in [0.4, 0.5) is 11.4 Å². The number of fused-ring (bicyclic) bond motifs is 1. The van der Waals surface area contributed by atoms with Crippen molar-refractivity contribution in [2.24, 2.45) is 7.05 Å². The fourth-order valence-corrected chi connectivity index (χ4v) is 2.35. The monoisotopic (exact) mass is 276 g/mol. The highest BCUT2D eigenvalue weighted by atomic mass is 35.5. The van der Waals surface area contributed by atoms with E-state index in [0.717, 1.165) is 22.6 Å². The van der Waals surface area contributed by atoms with Gasteiger partial charge in [-0.3, -0.25) is 4.79 Å². The summed E-state index contributed by atoms with van der Waals surface area (Å²) in [7, 11) is 1.94. The van der Waals surface area contributed by atoms with Gasteiger partial charge in [-0.25, -0.2) is 4.98 Å². The second kappa shape index (κ2) is 4.59. The van der Waals surface area contributed by atoms with Gasteiger partial charge in [0.05, 0.1) is 35.7 Å². The quantitative estimate of drug-likeness (QED) is 0.903. The molecule has 1 aromatic heterocycles. The van der Waals surface area contributed by atoms with Gasteiger partial charge in [0.1, 0.15) is 0 Å². The molecule has 1 aliphatic rings. The minimum Gasteiger partial charge on any atom is -0.378 e. The molecule has 0 atom stereocenters. The molecular formula is C13H13ClN4O. The van der Waals surface area contributed by atoms with Crippen LogP contribution in [-0.4, -0.2) is 15.5 Å². The van der Waals surface area contributed by atoms with Crippen LogP contribution in [0.3, 0.4) is 0 Å². The zero-order valence-corrected chi connectivity index (χ0v) is 11.2. The molecule has 5 nitrogen and oxygen atoms in total. The average molecular weight is 277 g/mol. The number of hydrogen-bond donors (Lipinski definition) is 2. The Morgan fingerprint density at radius 3 is 3.11 bits per heavy atom. The molecule has 19 heavy (non-hydrogen) atoms. The zero-order valence-electron chi connectivity index (χ0n) is 10.4. The summed E-state index contributed by atoms with van der Waals surface area (Å²) < 4.78 is 1.94. The van der Waals surface area contributed by atoms with E-state index >= 15 is 0 Å². The van der Waals surface area contributed by atoms with Gasteiger partial charge < -0.3 is 15.2 Å². The third-order valence-corrected chi connectivity index (χ3v) is 3.51. The molecule has 6 heteroatoms. The first kappa shape index (κ1) is 12.0. The number of halogens is 1. The van der Waals surface area contributed by atoms with Gasteiger partial charge in [-0.1, -0.05) is 11.6 Å². The molecule has 0 aliphatic carbocycles. The van der Waals surface area contributed by atoms with E-state index in [1.807, 2.05) is 17.7 Å². The van der Waals surface area contributed by atoms with Gasteiger partial charge in [0, 0.05) is 18.9 Å². The highest BCUT2D eigenvalue weighted by Gasteiger charge is 2.19. The van der Waals surface area contributed by atoms with Crippen LogP contribution in [0.5, 0.6) is 0 Å². The fraction of sp³-hybridized carbons (Fsp3) is 0.231. The highest BCUT2D eigenvalue weighted by Crippen LogP contribution is 2.32. The predicted molar refractivity (Wildman–Crippen MR) is 74.3 cm³/mol. The molecule has 0 unspecified atom stereocenters. The average Bonchev–Trinajstić information content (AvgIpc) is 2.91. The molecule has 1 aromatic carbocycles.